The predicted molar refractivity (Wildman–Crippen MR) is 96.7 cm³/mol. The van der Waals surface area contributed by atoms with E-state index in [-0.39, 0.29) is 17.9 Å². The van der Waals surface area contributed by atoms with Gasteiger partial charge in [0, 0.05) is 11.8 Å². The van der Waals surface area contributed by atoms with Crippen molar-refractivity contribution in [2.75, 3.05) is 6.61 Å². The largest absolute Gasteiger partial charge is 0.390 e. The Balaban J connectivity index is 1.95. The molecule has 3 nitrogen and oxygen atoms in total. The second-order valence-electron chi connectivity index (χ2n) is 6.78. The molecule has 0 fully saturated rings. The van der Waals surface area contributed by atoms with Crippen LogP contribution in [0, 0.1) is 11.8 Å². The highest BCUT2D eigenvalue weighted by Gasteiger charge is 2.29. The molecular weight excluding hydrogens is 300 g/mol. The van der Waals surface area contributed by atoms with Gasteiger partial charge in [-0.1, -0.05) is 44.2 Å². The Morgan fingerprint density at radius 2 is 1.79 bits per heavy atom. The van der Waals surface area contributed by atoms with Crippen LogP contribution in [-0.2, 0) is 22.7 Å². The van der Waals surface area contributed by atoms with E-state index in [1.54, 1.807) is 0 Å². The van der Waals surface area contributed by atoms with Crippen LogP contribution in [0.15, 0.2) is 49.1 Å². The smallest absolute Gasteiger partial charge is 0.0824 e. The fourth-order valence-electron chi connectivity index (χ4n) is 3.37. The van der Waals surface area contributed by atoms with Crippen LogP contribution in [0.5, 0.6) is 0 Å². The summed E-state index contributed by atoms with van der Waals surface area (Å²) in [4.78, 5) is 0. The minimum Gasteiger partial charge on any atom is -0.390 e. The van der Waals surface area contributed by atoms with Gasteiger partial charge in [0.25, 0.3) is 0 Å². The fraction of sp³-hybridized carbons (Fsp3) is 0.429. The van der Waals surface area contributed by atoms with Gasteiger partial charge in [0.15, 0.2) is 0 Å². The van der Waals surface area contributed by atoms with Crippen LogP contribution in [0.3, 0.4) is 0 Å². The minimum absolute atomic E-state index is 0.0139. The first kappa shape index (κ1) is 17.2. The third-order valence-corrected chi connectivity index (χ3v) is 5.06. The molecular formula is C21H26O3. The topological polar surface area (TPSA) is 38.7 Å². The van der Waals surface area contributed by atoms with Gasteiger partial charge in [-0.15, -0.1) is 6.58 Å². The Labute approximate surface area is 143 Å². The maximum atomic E-state index is 10.4. The summed E-state index contributed by atoms with van der Waals surface area (Å²) in [6.45, 7) is 9.31. The summed E-state index contributed by atoms with van der Waals surface area (Å²) < 4.78 is 12.0. The lowest BCUT2D eigenvalue weighted by molar-refractivity contribution is -0.0835. The summed E-state index contributed by atoms with van der Waals surface area (Å²) in [6, 6.07) is 12.7. The van der Waals surface area contributed by atoms with Gasteiger partial charge in [-0.05, 0) is 34.0 Å². The lowest BCUT2D eigenvalue weighted by Crippen LogP contribution is -2.38. The minimum atomic E-state index is -0.542. The van der Waals surface area contributed by atoms with Crippen molar-refractivity contribution in [2.24, 2.45) is 11.8 Å². The average Bonchev–Trinajstić information content (AvgIpc) is 2.60. The molecule has 1 aliphatic heterocycles. The van der Waals surface area contributed by atoms with Gasteiger partial charge in [-0.25, -0.2) is 0 Å². The van der Waals surface area contributed by atoms with Gasteiger partial charge < -0.3 is 14.6 Å². The maximum Gasteiger partial charge on any atom is 0.0824 e. The lowest BCUT2D eigenvalue weighted by atomic mass is 9.89. The molecule has 3 rings (SSSR count). The van der Waals surface area contributed by atoms with E-state index in [1.165, 1.54) is 10.8 Å². The molecule has 2 aromatic carbocycles. The van der Waals surface area contributed by atoms with Crippen LogP contribution in [0.25, 0.3) is 10.8 Å². The summed E-state index contributed by atoms with van der Waals surface area (Å²) in [5.74, 6) is 0.151. The molecule has 0 spiro atoms. The Bertz CT molecular complexity index is 709. The lowest BCUT2D eigenvalue weighted by Gasteiger charge is -2.32. The number of hydrogen-bond acceptors (Lipinski definition) is 3. The van der Waals surface area contributed by atoms with Crippen LogP contribution >= 0.6 is 0 Å². The van der Waals surface area contributed by atoms with Crippen molar-refractivity contribution in [3.8, 4) is 0 Å². The molecule has 3 heteroatoms. The van der Waals surface area contributed by atoms with Crippen LogP contribution in [0.2, 0.25) is 0 Å². The van der Waals surface area contributed by atoms with Crippen LogP contribution in [0.4, 0.5) is 0 Å². The molecule has 2 aromatic rings. The summed E-state index contributed by atoms with van der Waals surface area (Å²) in [5.41, 5.74) is 2.28. The van der Waals surface area contributed by atoms with Crippen molar-refractivity contribution in [2.45, 2.75) is 39.3 Å². The average molecular weight is 326 g/mol. The molecule has 128 valence electrons. The first-order valence-corrected chi connectivity index (χ1v) is 8.60. The van der Waals surface area contributed by atoms with Gasteiger partial charge in [-0.2, -0.15) is 0 Å². The second-order valence-corrected chi connectivity index (χ2v) is 6.78. The molecule has 1 aliphatic rings. The first-order chi connectivity index (χ1) is 11.6. The molecule has 4 atom stereocenters. The van der Waals surface area contributed by atoms with Crippen LogP contribution in [0.1, 0.15) is 25.0 Å². The highest BCUT2D eigenvalue weighted by Crippen LogP contribution is 2.27. The molecule has 0 saturated heterocycles. The summed E-state index contributed by atoms with van der Waals surface area (Å²) in [5, 5.41) is 12.8. The highest BCUT2D eigenvalue weighted by molar-refractivity contribution is 5.84. The van der Waals surface area contributed by atoms with E-state index in [0.29, 0.717) is 19.8 Å². The molecule has 1 heterocycles. The SMILES string of the molecule is C=CC(C)[C@@H]1OCc2cc3ccccc3cc2COCC(O)[C@H]1C. The van der Waals surface area contributed by atoms with Crippen LogP contribution < -0.4 is 0 Å². The Morgan fingerprint density at radius 1 is 1.17 bits per heavy atom. The van der Waals surface area contributed by atoms with Crippen LogP contribution in [-0.4, -0.2) is 23.9 Å². The first-order valence-electron chi connectivity index (χ1n) is 8.60. The van der Waals surface area contributed by atoms with Crippen molar-refractivity contribution < 1.29 is 14.6 Å². The number of aliphatic hydroxyl groups excluding tert-OH is 1. The standard InChI is InChI=1S/C21H26O3/c1-4-14(2)21-15(3)20(22)13-23-11-18-9-16-7-5-6-8-17(16)10-19(18)12-24-21/h4-10,14-15,20-22H,1,11-13H2,2-3H3/t14?,15-,20?,21+/m1/s1. The van der Waals surface area contributed by atoms with Gasteiger partial charge in [0.1, 0.15) is 0 Å². The zero-order chi connectivity index (χ0) is 17.1. The van der Waals surface area contributed by atoms with E-state index in [1.807, 2.05) is 25.1 Å². The number of ether oxygens (including phenoxy) is 2. The van der Waals surface area contributed by atoms with Gasteiger partial charge in [0.05, 0.1) is 32.0 Å². The van der Waals surface area contributed by atoms with E-state index < -0.39 is 6.10 Å². The van der Waals surface area contributed by atoms with Crippen molar-refractivity contribution in [3.05, 3.63) is 60.2 Å². The highest BCUT2D eigenvalue weighted by atomic mass is 16.5. The molecule has 0 saturated carbocycles. The number of rotatable bonds is 2. The predicted octanol–water partition coefficient (Wildman–Crippen LogP) is 4.07. The normalized spacial score (nSPS) is 26.5. The maximum absolute atomic E-state index is 10.4. The van der Waals surface area contributed by atoms with Gasteiger partial charge >= 0.3 is 0 Å². The molecule has 0 aromatic heterocycles. The quantitative estimate of drug-likeness (QED) is 0.845. The Hall–Kier alpha value is -1.68. The Morgan fingerprint density at radius 3 is 2.42 bits per heavy atom. The monoisotopic (exact) mass is 326 g/mol. The zero-order valence-corrected chi connectivity index (χ0v) is 14.4. The van der Waals surface area contributed by atoms with Crippen molar-refractivity contribution in [1.82, 2.24) is 0 Å². The summed E-state index contributed by atoms with van der Waals surface area (Å²) >= 11 is 0. The van der Waals surface area contributed by atoms with E-state index in [4.69, 9.17) is 9.47 Å². The molecule has 0 aliphatic carbocycles. The number of fused-ring (bicyclic) bond motifs is 2. The zero-order valence-electron chi connectivity index (χ0n) is 14.4. The molecule has 1 N–H and O–H groups in total. The third kappa shape index (κ3) is 3.54. The van der Waals surface area contributed by atoms with Gasteiger partial charge in [-0.3, -0.25) is 0 Å². The van der Waals surface area contributed by atoms with Crippen molar-refractivity contribution in [1.29, 1.82) is 0 Å². The Kier molecular flexibility index (Phi) is 5.34. The summed E-state index contributed by atoms with van der Waals surface area (Å²) in [7, 11) is 0. The number of aliphatic hydroxyl groups is 1. The molecule has 2 unspecified atom stereocenters. The van der Waals surface area contributed by atoms with E-state index >= 15 is 0 Å². The fourth-order valence-corrected chi connectivity index (χ4v) is 3.37. The number of hydrogen-bond donors (Lipinski definition) is 1. The molecule has 24 heavy (non-hydrogen) atoms. The van der Waals surface area contributed by atoms with Crippen molar-refractivity contribution >= 4 is 10.8 Å². The van der Waals surface area contributed by atoms with E-state index in [2.05, 4.69) is 37.8 Å². The van der Waals surface area contributed by atoms with Gasteiger partial charge in [0.2, 0.25) is 0 Å². The third-order valence-electron chi connectivity index (χ3n) is 5.06. The van der Waals surface area contributed by atoms with E-state index in [9.17, 15) is 5.11 Å². The molecule has 0 amide bonds. The summed E-state index contributed by atoms with van der Waals surface area (Å²) in [6.07, 6.45) is 1.26. The second kappa shape index (κ2) is 7.47. The van der Waals surface area contributed by atoms with E-state index in [0.717, 1.165) is 11.1 Å². The van der Waals surface area contributed by atoms with Crippen molar-refractivity contribution in [3.63, 3.8) is 0 Å². The molecule has 0 bridgehead atoms. The number of benzene rings is 2. The molecule has 0 radical (unpaired) electrons.